The number of aromatic nitrogens is 2. The van der Waals surface area contributed by atoms with Crippen molar-refractivity contribution in [3.8, 4) is 0 Å². The van der Waals surface area contributed by atoms with E-state index in [4.69, 9.17) is 4.42 Å². The molecule has 0 spiro atoms. The van der Waals surface area contributed by atoms with Gasteiger partial charge in [-0.05, 0) is 33.8 Å². The van der Waals surface area contributed by atoms with Gasteiger partial charge in [0.1, 0.15) is 21.8 Å². The Hall–Kier alpha value is -2.70. The summed E-state index contributed by atoms with van der Waals surface area (Å²) in [4.78, 5) is 21.7. The van der Waals surface area contributed by atoms with E-state index < -0.39 is 0 Å². The fourth-order valence-electron chi connectivity index (χ4n) is 3.16. The van der Waals surface area contributed by atoms with E-state index in [2.05, 4.69) is 22.1 Å². The summed E-state index contributed by atoms with van der Waals surface area (Å²) < 4.78 is 5.43. The highest BCUT2D eigenvalue weighted by Crippen LogP contribution is 2.33. The van der Waals surface area contributed by atoms with Gasteiger partial charge < -0.3 is 4.42 Å². The van der Waals surface area contributed by atoms with Crippen molar-refractivity contribution < 1.29 is 4.42 Å². The van der Waals surface area contributed by atoms with Gasteiger partial charge in [0.25, 0.3) is 0 Å². The molecule has 0 aliphatic rings. The first-order valence-electron chi connectivity index (χ1n) is 8.05. The van der Waals surface area contributed by atoms with Crippen molar-refractivity contribution in [1.82, 2.24) is 9.97 Å². The summed E-state index contributed by atoms with van der Waals surface area (Å²) in [6.07, 6.45) is 1.59. The largest absolute Gasteiger partial charge is 0.423 e. The number of benzene rings is 2. The molecule has 0 amide bonds. The summed E-state index contributed by atoms with van der Waals surface area (Å²) in [6.45, 7) is 0. The number of hydrogen-bond donors (Lipinski definition) is 0. The van der Waals surface area contributed by atoms with E-state index in [1.54, 1.807) is 35.5 Å². The van der Waals surface area contributed by atoms with Gasteiger partial charge in [0.05, 0.1) is 0 Å². The summed E-state index contributed by atoms with van der Waals surface area (Å²) >= 11 is 3.22. The quantitative estimate of drug-likeness (QED) is 0.186. The SMILES string of the molecule is O=c1cc(CSc2ncnc3sccc23)c2c(ccc3ccccc32)o1. The zero-order valence-corrected chi connectivity index (χ0v) is 15.1. The minimum Gasteiger partial charge on any atom is -0.423 e. The second kappa shape index (κ2) is 6.23. The van der Waals surface area contributed by atoms with Crippen LogP contribution in [0.3, 0.4) is 0 Å². The maximum absolute atomic E-state index is 12.0. The van der Waals surface area contributed by atoms with Crippen LogP contribution < -0.4 is 5.63 Å². The molecule has 0 saturated carbocycles. The Bertz CT molecular complexity index is 1320. The van der Waals surface area contributed by atoms with E-state index >= 15 is 0 Å². The minimum atomic E-state index is -0.327. The molecule has 5 aromatic rings. The van der Waals surface area contributed by atoms with Gasteiger partial charge >= 0.3 is 5.63 Å². The van der Waals surface area contributed by atoms with Crippen molar-refractivity contribution >= 4 is 55.1 Å². The molecule has 0 N–H and O–H groups in total. The first-order valence-corrected chi connectivity index (χ1v) is 9.91. The Morgan fingerprint density at radius 2 is 1.96 bits per heavy atom. The molecular formula is C20H12N2O2S2. The van der Waals surface area contributed by atoms with Crippen molar-refractivity contribution in [1.29, 1.82) is 0 Å². The molecule has 0 radical (unpaired) electrons. The Morgan fingerprint density at radius 1 is 1.04 bits per heavy atom. The molecule has 4 nitrogen and oxygen atoms in total. The van der Waals surface area contributed by atoms with Crippen molar-refractivity contribution in [2.75, 3.05) is 0 Å². The number of rotatable bonds is 3. The molecule has 5 rings (SSSR count). The Morgan fingerprint density at radius 3 is 2.92 bits per heavy atom. The standard InChI is InChI=1S/C20H12N2O2S2/c23-17-9-13(10-26-20-15-7-8-25-19(15)21-11-22-20)18-14-4-2-1-3-12(14)5-6-16(18)24-17/h1-9,11H,10H2. The highest BCUT2D eigenvalue weighted by molar-refractivity contribution is 7.98. The number of fused-ring (bicyclic) bond motifs is 4. The molecule has 0 atom stereocenters. The molecule has 0 fully saturated rings. The molecule has 0 aliphatic heterocycles. The molecule has 0 aliphatic carbocycles. The van der Waals surface area contributed by atoms with E-state index in [0.717, 1.165) is 37.0 Å². The predicted molar refractivity (Wildman–Crippen MR) is 107 cm³/mol. The Balaban J connectivity index is 1.65. The van der Waals surface area contributed by atoms with Crippen LogP contribution in [0.2, 0.25) is 0 Å². The fraction of sp³-hybridized carbons (Fsp3) is 0.0500. The maximum Gasteiger partial charge on any atom is 0.336 e. The van der Waals surface area contributed by atoms with Gasteiger partial charge in [-0.1, -0.05) is 30.3 Å². The third-order valence-electron chi connectivity index (χ3n) is 4.30. The van der Waals surface area contributed by atoms with Crippen LogP contribution in [0.1, 0.15) is 5.56 Å². The van der Waals surface area contributed by atoms with Crippen LogP contribution in [0, 0.1) is 0 Å². The van der Waals surface area contributed by atoms with E-state index in [1.807, 2.05) is 35.7 Å². The van der Waals surface area contributed by atoms with E-state index in [-0.39, 0.29) is 5.63 Å². The van der Waals surface area contributed by atoms with Crippen LogP contribution >= 0.6 is 23.1 Å². The van der Waals surface area contributed by atoms with E-state index in [0.29, 0.717) is 11.3 Å². The van der Waals surface area contributed by atoms with Crippen LogP contribution in [0.15, 0.2) is 74.5 Å². The lowest BCUT2D eigenvalue weighted by Gasteiger charge is -2.08. The lowest BCUT2D eigenvalue weighted by Crippen LogP contribution is -2.00. The van der Waals surface area contributed by atoms with Gasteiger partial charge in [-0.25, -0.2) is 14.8 Å². The number of thioether (sulfide) groups is 1. The normalized spacial score (nSPS) is 11.5. The zero-order valence-electron chi connectivity index (χ0n) is 13.5. The third kappa shape index (κ3) is 2.58. The minimum absolute atomic E-state index is 0.327. The van der Waals surface area contributed by atoms with Crippen LogP contribution in [0.4, 0.5) is 0 Å². The number of thiophene rings is 1. The highest BCUT2D eigenvalue weighted by atomic mass is 32.2. The molecule has 126 valence electrons. The predicted octanol–water partition coefficient (Wildman–Crippen LogP) is 5.24. The summed E-state index contributed by atoms with van der Waals surface area (Å²) in [7, 11) is 0. The zero-order chi connectivity index (χ0) is 17.5. The summed E-state index contributed by atoms with van der Waals surface area (Å²) in [5.74, 6) is 0.637. The van der Waals surface area contributed by atoms with Crippen LogP contribution in [-0.2, 0) is 5.75 Å². The van der Waals surface area contributed by atoms with Crippen LogP contribution in [0.25, 0.3) is 32.0 Å². The lowest BCUT2D eigenvalue weighted by atomic mass is 10.0. The van der Waals surface area contributed by atoms with Crippen molar-refractivity contribution in [3.63, 3.8) is 0 Å². The van der Waals surface area contributed by atoms with Crippen LogP contribution in [0.5, 0.6) is 0 Å². The molecule has 3 aromatic heterocycles. The Labute approximate surface area is 156 Å². The lowest BCUT2D eigenvalue weighted by molar-refractivity contribution is 0.560. The average molecular weight is 376 g/mol. The van der Waals surface area contributed by atoms with Crippen molar-refractivity contribution in [3.05, 3.63) is 76.2 Å². The molecule has 3 heterocycles. The first kappa shape index (κ1) is 15.5. The van der Waals surface area contributed by atoms with E-state index in [9.17, 15) is 4.79 Å². The summed E-state index contributed by atoms with van der Waals surface area (Å²) in [5, 5.41) is 7.21. The number of nitrogens with zero attached hydrogens (tertiary/aromatic N) is 2. The smallest absolute Gasteiger partial charge is 0.336 e. The van der Waals surface area contributed by atoms with Gasteiger partial charge in [0.15, 0.2) is 0 Å². The molecule has 0 unspecified atom stereocenters. The second-order valence-electron chi connectivity index (χ2n) is 5.86. The van der Waals surface area contributed by atoms with Crippen molar-refractivity contribution in [2.45, 2.75) is 10.8 Å². The van der Waals surface area contributed by atoms with Gasteiger partial charge in [-0.15, -0.1) is 23.1 Å². The number of hydrogen-bond acceptors (Lipinski definition) is 6. The van der Waals surface area contributed by atoms with Crippen molar-refractivity contribution in [2.24, 2.45) is 0 Å². The monoisotopic (exact) mass is 376 g/mol. The average Bonchev–Trinajstić information content (AvgIpc) is 3.15. The highest BCUT2D eigenvalue weighted by Gasteiger charge is 2.12. The third-order valence-corrected chi connectivity index (χ3v) is 6.18. The van der Waals surface area contributed by atoms with Gasteiger partial charge in [-0.3, -0.25) is 0 Å². The molecule has 6 heteroatoms. The van der Waals surface area contributed by atoms with Crippen LogP contribution in [-0.4, -0.2) is 9.97 Å². The van der Waals surface area contributed by atoms with Gasteiger partial charge in [-0.2, -0.15) is 0 Å². The fourth-order valence-corrected chi connectivity index (χ4v) is 4.92. The van der Waals surface area contributed by atoms with Gasteiger partial charge in [0.2, 0.25) is 0 Å². The molecule has 26 heavy (non-hydrogen) atoms. The molecule has 0 saturated heterocycles. The maximum atomic E-state index is 12.0. The molecular weight excluding hydrogens is 364 g/mol. The summed E-state index contributed by atoms with van der Waals surface area (Å²) in [6, 6.07) is 15.6. The molecule has 2 aromatic carbocycles. The van der Waals surface area contributed by atoms with Gasteiger partial charge in [0, 0.05) is 22.6 Å². The Kier molecular flexibility index (Phi) is 3.72. The second-order valence-corrected chi connectivity index (χ2v) is 7.72. The first-order chi connectivity index (χ1) is 12.8. The molecule has 0 bridgehead atoms. The van der Waals surface area contributed by atoms with E-state index in [1.165, 1.54) is 0 Å². The topological polar surface area (TPSA) is 56.0 Å². The summed E-state index contributed by atoms with van der Waals surface area (Å²) in [5.41, 5.74) is 1.25.